The molecule has 0 amide bonds. The van der Waals surface area contributed by atoms with Crippen LogP contribution < -0.4 is 4.74 Å². The molecule has 1 N–H and O–H groups in total. The highest BCUT2D eigenvalue weighted by Gasteiger charge is 2.14. The summed E-state index contributed by atoms with van der Waals surface area (Å²) in [7, 11) is 0. The van der Waals surface area contributed by atoms with E-state index in [1.165, 1.54) is 30.3 Å². The van der Waals surface area contributed by atoms with Crippen LogP contribution in [-0.4, -0.2) is 10.0 Å². The second-order valence-electron chi connectivity index (χ2n) is 3.64. The van der Waals surface area contributed by atoms with Crippen molar-refractivity contribution in [1.29, 1.82) is 5.26 Å². The number of rotatable bonds is 3. The molecular weight excluding hydrogens is 248 g/mol. The molecule has 0 atom stereocenters. The van der Waals surface area contributed by atoms with Gasteiger partial charge in [0.2, 0.25) is 0 Å². The SMILES string of the molecule is N#Cc1cc(Oc2ccc(O)cc2)ccc1[N+](=O)[O-]. The molecule has 0 aliphatic carbocycles. The zero-order chi connectivity index (χ0) is 13.8. The van der Waals surface area contributed by atoms with Crippen molar-refractivity contribution in [2.75, 3.05) is 0 Å². The third-order valence-electron chi connectivity index (χ3n) is 2.36. The van der Waals surface area contributed by atoms with E-state index in [4.69, 9.17) is 15.1 Å². The van der Waals surface area contributed by atoms with Crippen molar-refractivity contribution in [3.8, 4) is 23.3 Å². The Hall–Kier alpha value is -3.07. The molecule has 2 rings (SSSR count). The molecule has 6 heteroatoms. The Morgan fingerprint density at radius 3 is 2.37 bits per heavy atom. The minimum atomic E-state index is -0.622. The van der Waals surface area contributed by atoms with Gasteiger partial charge in [0.1, 0.15) is 28.9 Å². The zero-order valence-electron chi connectivity index (χ0n) is 9.61. The predicted octanol–water partition coefficient (Wildman–Crippen LogP) is 2.96. The van der Waals surface area contributed by atoms with E-state index in [-0.39, 0.29) is 17.0 Å². The molecule has 0 bridgehead atoms. The lowest BCUT2D eigenvalue weighted by molar-refractivity contribution is -0.385. The summed E-state index contributed by atoms with van der Waals surface area (Å²) in [5.41, 5.74) is -0.332. The van der Waals surface area contributed by atoms with E-state index < -0.39 is 4.92 Å². The van der Waals surface area contributed by atoms with E-state index >= 15 is 0 Å². The number of nitrogens with zero attached hydrogens (tertiary/aromatic N) is 2. The number of phenolic OH excluding ortho intramolecular Hbond substituents is 1. The highest BCUT2D eigenvalue weighted by Crippen LogP contribution is 2.27. The van der Waals surface area contributed by atoms with Crippen LogP contribution in [0.4, 0.5) is 5.69 Å². The third-order valence-corrected chi connectivity index (χ3v) is 2.36. The second-order valence-corrected chi connectivity index (χ2v) is 3.64. The lowest BCUT2D eigenvalue weighted by Gasteiger charge is -2.06. The van der Waals surface area contributed by atoms with Gasteiger partial charge >= 0.3 is 0 Å². The molecule has 0 fully saturated rings. The van der Waals surface area contributed by atoms with E-state index in [1.807, 2.05) is 0 Å². The van der Waals surface area contributed by atoms with E-state index in [0.29, 0.717) is 11.5 Å². The Morgan fingerprint density at radius 2 is 1.79 bits per heavy atom. The van der Waals surface area contributed by atoms with Crippen LogP contribution in [0, 0.1) is 21.4 Å². The van der Waals surface area contributed by atoms with Crippen molar-refractivity contribution in [3.05, 3.63) is 58.1 Å². The number of hydrogen-bond acceptors (Lipinski definition) is 5. The first-order chi connectivity index (χ1) is 9.10. The van der Waals surface area contributed by atoms with Crippen LogP contribution in [0.2, 0.25) is 0 Å². The third kappa shape index (κ3) is 2.79. The Morgan fingerprint density at radius 1 is 1.16 bits per heavy atom. The molecule has 2 aromatic rings. The molecule has 0 unspecified atom stereocenters. The van der Waals surface area contributed by atoms with Crippen LogP contribution in [0.1, 0.15) is 5.56 Å². The number of ether oxygens (including phenoxy) is 1. The van der Waals surface area contributed by atoms with Crippen LogP contribution in [0.5, 0.6) is 17.2 Å². The van der Waals surface area contributed by atoms with Crippen LogP contribution in [0.15, 0.2) is 42.5 Å². The highest BCUT2D eigenvalue weighted by molar-refractivity contribution is 5.52. The molecule has 0 radical (unpaired) electrons. The van der Waals surface area contributed by atoms with E-state index in [2.05, 4.69) is 0 Å². The topological polar surface area (TPSA) is 96.4 Å². The molecule has 0 saturated carbocycles. The van der Waals surface area contributed by atoms with Gasteiger partial charge in [-0.05, 0) is 30.3 Å². The van der Waals surface area contributed by atoms with Crippen molar-refractivity contribution in [2.24, 2.45) is 0 Å². The molecular formula is C13H8N2O4. The van der Waals surface area contributed by atoms with E-state index in [0.717, 1.165) is 0 Å². The Labute approximate surface area is 108 Å². The summed E-state index contributed by atoms with van der Waals surface area (Å²) in [4.78, 5) is 10.1. The van der Waals surface area contributed by atoms with Gasteiger partial charge in [0, 0.05) is 12.1 Å². The van der Waals surface area contributed by atoms with Crippen molar-refractivity contribution in [2.45, 2.75) is 0 Å². The van der Waals surface area contributed by atoms with Crippen molar-refractivity contribution in [3.63, 3.8) is 0 Å². The smallest absolute Gasteiger partial charge is 0.287 e. The van der Waals surface area contributed by atoms with E-state index in [1.54, 1.807) is 18.2 Å². The minimum Gasteiger partial charge on any atom is -0.508 e. The Bertz CT molecular complexity index is 659. The summed E-state index contributed by atoms with van der Waals surface area (Å²) in [6.45, 7) is 0. The van der Waals surface area contributed by atoms with Gasteiger partial charge in [-0.2, -0.15) is 5.26 Å². The molecule has 0 heterocycles. The first kappa shape index (κ1) is 12.4. The maximum Gasteiger partial charge on any atom is 0.287 e. The molecule has 0 spiro atoms. The molecule has 0 aliphatic rings. The summed E-state index contributed by atoms with van der Waals surface area (Å²) in [5.74, 6) is 0.872. The standard InChI is InChI=1S/C13H8N2O4/c14-8-9-7-12(5-6-13(9)15(17)18)19-11-3-1-10(16)2-4-11/h1-7,16H. The number of aromatic hydroxyl groups is 1. The number of nitriles is 1. The Kier molecular flexibility index (Phi) is 3.30. The summed E-state index contributed by atoms with van der Waals surface area (Å²) in [5, 5.41) is 28.7. The maximum absolute atomic E-state index is 10.7. The Balaban J connectivity index is 2.29. The lowest BCUT2D eigenvalue weighted by Crippen LogP contribution is -1.93. The first-order valence-electron chi connectivity index (χ1n) is 5.25. The van der Waals surface area contributed by atoms with Gasteiger partial charge in [-0.15, -0.1) is 0 Å². The number of hydrogen-bond donors (Lipinski definition) is 1. The maximum atomic E-state index is 10.7. The van der Waals surface area contributed by atoms with Gasteiger partial charge < -0.3 is 9.84 Å². The molecule has 2 aromatic carbocycles. The number of benzene rings is 2. The van der Waals surface area contributed by atoms with Crippen LogP contribution in [-0.2, 0) is 0 Å². The lowest BCUT2D eigenvalue weighted by atomic mass is 10.2. The number of nitro groups is 1. The summed E-state index contributed by atoms with van der Waals surface area (Å²) in [6, 6.07) is 11.7. The zero-order valence-corrected chi connectivity index (χ0v) is 9.61. The van der Waals surface area contributed by atoms with Gasteiger partial charge in [0.05, 0.1) is 4.92 Å². The summed E-state index contributed by atoms with van der Waals surface area (Å²) < 4.78 is 5.43. The molecule has 0 aromatic heterocycles. The van der Waals surface area contributed by atoms with Gasteiger partial charge in [0.25, 0.3) is 5.69 Å². The van der Waals surface area contributed by atoms with Gasteiger partial charge in [-0.3, -0.25) is 10.1 Å². The molecule has 0 saturated heterocycles. The monoisotopic (exact) mass is 256 g/mol. The fourth-order valence-corrected chi connectivity index (χ4v) is 1.48. The van der Waals surface area contributed by atoms with Gasteiger partial charge in [-0.1, -0.05) is 0 Å². The number of nitro benzene ring substituents is 1. The molecule has 6 nitrogen and oxygen atoms in total. The highest BCUT2D eigenvalue weighted by atomic mass is 16.6. The quantitative estimate of drug-likeness (QED) is 0.672. The number of phenols is 1. The van der Waals surface area contributed by atoms with E-state index in [9.17, 15) is 10.1 Å². The molecule has 94 valence electrons. The average molecular weight is 256 g/mol. The van der Waals surface area contributed by atoms with Crippen LogP contribution in [0.3, 0.4) is 0 Å². The first-order valence-corrected chi connectivity index (χ1v) is 5.25. The van der Waals surface area contributed by atoms with Crippen LogP contribution in [0.25, 0.3) is 0 Å². The van der Waals surface area contributed by atoms with Crippen molar-refractivity contribution in [1.82, 2.24) is 0 Å². The fourth-order valence-electron chi connectivity index (χ4n) is 1.48. The normalized spacial score (nSPS) is 9.63. The fraction of sp³-hybridized carbons (Fsp3) is 0. The summed E-state index contributed by atoms with van der Waals surface area (Å²) >= 11 is 0. The van der Waals surface area contributed by atoms with Gasteiger partial charge in [-0.25, -0.2) is 0 Å². The van der Waals surface area contributed by atoms with Gasteiger partial charge in [0.15, 0.2) is 0 Å². The second kappa shape index (κ2) is 5.06. The largest absolute Gasteiger partial charge is 0.508 e. The molecule has 0 aliphatic heterocycles. The minimum absolute atomic E-state index is 0.0683. The van der Waals surface area contributed by atoms with Crippen LogP contribution >= 0.6 is 0 Å². The predicted molar refractivity (Wildman–Crippen MR) is 66.0 cm³/mol. The summed E-state index contributed by atoms with van der Waals surface area (Å²) in [6.07, 6.45) is 0. The van der Waals surface area contributed by atoms with Crippen molar-refractivity contribution >= 4 is 5.69 Å². The molecule has 19 heavy (non-hydrogen) atoms. The van der Waals surface area contributed by atoms with Crippen molar-refractivity contribution < 1.29 is 14.8 Å². The average Bonchev–Trinajstić information content (AvgIpc) is 2.41.